The molecule has 4 heteroatoms. The second kappa shape index (κ2) is 7.40. The van der Waals surface area contributed by atoms with Gasteiger partial charge in [0.05, 0.1) is 12.0 Å². The van der Waals surface area contributed by atoms with Crippen LogP contribution in [-0.4, -0.2) is 28.8 Å². The predicted octanol–water partition coefficient (Wildman–Crippen LogP) is 2.70. The number of benzene rings is 2. The maximum atomic E-state index is 11.2. The molecule has 2 aromatic carbocycles. The zero-order valence-electron chi connectivity index (χ0n) is 13.3. The van der Waals surface area contributed by atoms with E-state index < -0.39 is 18.0 Å². The predicted molar refractivity (Wildman–Crippen MR) is 91.0 cm³/mol. The summed E-state index contributed by atoms with van der Waals surface area (Å²) in [6.45, 7) is 1.11. The third kappa shape index (κ3) is 4.41. The summed E-state index contributed by atoms with van der Waals surface area (Å²) in [4.78, 5) is 11.2. The average molecular weight is 313 g/mol. The van der Waals surface area contributed by atoms with Gasteiger partial charge in [0.25, 0.3) is 0 Å². The van der Waals surface area contributed by atoms with Gasteiger partial charge < -0.3 is 15.9 Å². The summed E-state index contributed by atoms with van der Waals surface area (Å²) in [5.41, 5.74) is 8.23. The molecule has 2 atom stereocenters. The molecule has 0 heterocycles. The highest BCUT2D eigenvalue weighted by molar-refractivity contribution is 5.74. The van der Waals surface area contributed by atoms with Crippen LogP contribution in [0.4, 0.5) is 0 Å². The van der Waals surface area contributed by atoms with Crippen molar-refractivity contribution < 1.29 is 15.0 Å². The standard InChI is InChI=1S/C19H23NO3/c1-19(13-21,18(22)23)12-17(20)11-14-7-9-16(10-8-14)15-5-3-2-4-6-15/h2-10,17,21H,11-13,20H2,1H3,(H,22,23)/t17-,19+/m1/s1. The number of hydrogen-bond donors (Lipinski definition) is 3. The van der Waals surface area contributed by atoms with Crippen molar-refractivity contribution in [1.29, 1.82) is 0 Å². The van der Waals surface area contributed by atoms with Crippen molar-refractivity contribution in [1.82, 2.24) is 0 Å². The molecule has 0 saturated heterocycles. The summed E-state index contributed by atoms with van der Waals surface area (Å²) >= 11 is 0. The summed E-state index contributed by atoms with van der Waals surface area (Å²) in [5.74, 6) is -1.02. The SMILES string of the molecule is C[C@@](CO)(C[C@H](N)Cc1ccc(-c2ccccc2)cc1)C(=O)O. The Balaban J connectivity index is 2.02. The zero-order valence-corrected chi connectivity index (χ0v) is 13.3. The van der Waals surface area contributed by atoms with Crippen molar-refractivity contribution in [2.24, 2.45) is 11.1 Å². The molecule has 2 rings (SSSR count). The van der Waals surface area contributed by atoms with Crippen LogP contribution >= 0.6 is 0 Å². The summed E-state index contributed by atoms with van der Waals surface area (Å²) in [5, 5.41) is 18.5. The molecule has 0 fully saturated rings. The van der Waals surface area contributed by atoms with E-state index in [-0.39, 0.29) is 12.5 Å². The number of carboxylic acid groups (broad SMARTS) is 1. The molecule has 0 aliphatic carbocycles. The second-order valence-corrected chi connectivity index (χ2v) is 6.26. The highest BCUT2D eigenvalue weighted by atomic mass is 16.4. The van der Waals surface area contributed by atoms with E-state index in [1.165, 1.54) is 6.92 Å². The number of nitrogens with two attached hydrogens (primary N) is 1. The first-order valence-electron chi connectivity index (χ1n) is 7.69. The van der Waals surface area contributed by atoms with E-state index in [0.717, 1.165) is 16.7 Å². The maximum absolute atomic E-state index is 11.2. The lowest BCUT2D eigenvalue weighted by molar-refractivity contribution is -0.151. The Bertz CT molecular complexity index is 639. The van der Waals surface area contributed by atoms with E-state index in [0.29, 0.717) is 6.42 Å². The van der Waals surface area contributed by atoms with Gasteiger partial charge in [-0.2, -0.15) is 0 Å². The van der Waals surface area contributed by atoms with Crippen LogP contribution in [-0.2, 0) is 11.2 Å². The Morgan fingerprint density at radius 3 is 2.17 bits per heavy atom. The molecule has 4 nitrogen and oxygen atoms in total. The van der Waals surface area contributed by atoms with Gasteiger partial charge in [-0.05, 0) is 36.5 Å². The number of carboxylic acids is 1. The normalized spacial score (nSPS) is 14.9. The van der Waals surface area contributed by atoms with Gasteiger partial charge in [0.1, 0.15) is 0 Å². The topological polar surface area (TPSA) is 83.5 Å². The third-order valence-corrected chi connectivity index (χ3v) is 4.14. The van der Waals surface area contributed by atoms with Crippen LogP contribution in [0.1, 0.15) is 18.9 Å². The Labute approximate surface area is 136 Å². The van der Waals surface area contributed by atoms with E-state index in [1.54, 1.807) is 0 Å². The number of hydrogen-bond acceptors (Lipinski definition) is 3. The van der Waals surface area contributed by atoms with Gasteiger partial charge in [-0.25, -0.2) is 0 Å². The number of aliphatic carboxylic acids is 1. The lowest BCUT2D eigenvalue weighted by atomic mass is 9.83. The van der Waals surface area contributed by atoms with E-state index in [1.807, 2.05) is 42.5 Å². The van der Waals surface area contributed by atoms with Crippen molar-refractivity contribution in [3.05, 3.63) is 60.2 Å². The molecule has 4 N–H and O–H groups in total. The molecule has 0 bridgehead atoms. The minimum atomic E-state index is -1.19. The maximum Gasteiger partial charge on any atom is 0.311 e. The first-order chi connectivity index (χ1) is 10.9. The Morgan fingerprint density at radius 2 is 1.65 bits per heavy atom. The molecular weight excluding hydrogens is 290 g/mol. The summed E-state index contributed by atoms with van der Waals surface area (Å²) in [6.07, 6.45) is 0.817. The first-order valence-corrected chi connectivity index (χ1v) is 7.69. The summed E-state index contributed by atoms with van der Waals surface area (Å²) in [7, 11) is 0. The fraction of sp³-hybridized carbons (Fsp3) is 0.316. The molecule has 0 spiro atoms. The van der Waals surface area contributed by atoms with Crippen LogP contribution in [0.5, 0.6) is 0 Å². The first kappa shape index (κ1) is 17.2. The van der Waals surface area contributed by atoms with Gasteiger partial charge in [-0.1, -0.05) is 54.6 Å². The van der Waals surface area contributed by atoms with Gasteiger partial charge in [-0.3, -0.25) is 4.79 Å². The highest BCUT2D eigenvalue weighted by Crippen LogP contribution is 2.24. The Hall–Kier alpha value is -2.17. The van der Waals surface area contributed by atoms with Gasteiger partial charge >= 0.3 is 5.97 Å². The van der Waals surface area contributed by atoms with Crippen LogP contribution in [0.15, 0.2) is 54.6 Å². The highest BCUT2D eigenvalue weighted by Gasteiger charge is 2.34. The van der Waals surface area contributed by atoms with E-state index in [4.69, 9.17) is 5.73 Å². The van der Waals surface area contributed by atoms with Crippen molar-refractivity contribution in [3.63, 3.8) is 0 Å². The molecule has 0 aliphatic rings. The van der Waals surface area contributed by atoms with Crippen molar-refractivity contribution in [2.75, 3.05) is 6.61 Å². The van der Waals surface area contributed by atoms with E-state index in [9.17, 15) is 15.0 Å². The Kier molecular flexibility index (Phi) is 5.53. The number of rotatable bonds is 7. The van der Waals surface area contributed by atoms with Crippen LogP contribution < -0.4 is 5.73 Å². The van der Waals surface area contributed by atoms with Crippen molar-refractivity contribution in [2.45, 2.75) is 25.8 Å². The van der Waals surface area contributed by atoms with E-state index in [2.05, 4.69) is 12.1 Å². The largest absolute Gasteiger partial charge is 0.481 e. The molecule has 0 aliphatic heterocycles. The smallest absolute Gasteiger partial charge is 0.311 e. The molecular formula is C19H23NO3. The molecule has 0 amide bonds. The summed E-state index contributed by atoms with van der Waals surface area (Å²) in [6, 6.07) is 17.9. The minimum absolute atomic E-state index is 0.235. The van der Waals surface area contributed by atoms with Crippen LogP contribution in [0, 0.1) is 5.41 Å². The molecule has 0 radical (unpaired) electrons. The quantitative estimate of drug-likeness (QED) is 0.734. The molecule has 2 aromatic rings. The van der Waals surface area contributed by atoms with Crippen LogP contribution in [0.3, 0.4) is 0 Å². The lowest BCUT2D eigenvalue weighted by Crippen LogP contribution is -2.39. The second-order valence-electron chi connectivity index (χ2n) is 6.26. The van der Waals surface area contributed by atoms with E-state index >= 15 is 0 Å². The minimum Gasteiger partial charge on any atom is -0.481 e. The fourth-order valence-electron chi connectivity index (χ4n) is 2.64. The van der Waals surface area contributed by atoms with Crippen LogP contribution in [0.25, 0.3) is 11.1 Å². The summed E-state index contributed by atoms with van der Waals surface area (Å²) < 4.78 is 0. The zero-order chi connectivity index (χ0) is 16.9. The average Bonchev–Trinajstić information content (AvgIpc) is 2.56. The van der Waals surface area contributed by atoms with Crippen molar-refractivity contribution in [3.8, 4) is 11.1 Å². The number of aliphatic hydroxyl groups excluding tert-OH is 1. The molecule has 0 unspecified atom stereocenters. The van der Waals surface area contributed by atoms with Crippen LogP contribution in [0.2, 0.25) is 0 Å². The monoisotopic (exact) mass is 313 g/mol. The molecule has 23 heavy (non-hydrogen) atoms. The number of carbonyl (C=O) groups is 1. The van der Waals surface area contributed by atoms with Gasteiger partial charge in [0.15, 0.2) is 0 Å². The van der Waals surface area contributed by atoms with Gasteiger partial charge in [-0.15, -0.1) is 0 Å². The third-order valence-electron chi connectivity index (χ3n) is 4.14. The van der Waals surface area contributed by atoms with Gasteiger partial charge in [0, 0.05) is 6.04 Å². The number of aliphatic hydroxyl groups is 1. The Morgan fingerprint density at radius 1 is 1.09 bits per heavy atom. The molecule has 0 saturated carbocycles. The lowest BCUT2D eigenvalue weighted by Gasteiger charge is -2.25. The molecule has 122 valence electrons. The molecule has 0 aromatic heterocycles. The van der Waals surface area contributed by atoms with Gasteiger partial charge in [0.2, 0.25) is 0 Å². The van der Waals surface area contributed by atoms with Crippen molar-refractivity contribution >= 4 is 5.97 Å². The fourth-order valence-corrected chi connectivity index (χ4v) is 2.64.